The van der Waals surface area contributed by atoms with Crippen LogP contribution in [0.1, 0.15) is 15.9 Å². The summed E-state index contributed by atoms with van der Waals surface area (Å²) < 4.78 is 32.3. The van der Waals surface area contributed by atoms with Crippen LogP contribution in [0.25, 0.3) is 0 Å². The third-order valence-corrected chi connectivity index (χ3v) is 5.62. The van der Waals surface area contributed by atoms with Crippen molar-refractivity contribution < 1.29 is 22.7 Å². The first-order chi connectivity index (χ1) is 7.89. The van der Waals surface area contributed by atoms with E-state index in [-0.39, 0.29) is 15.9 Å². The van der Waals surface area contributed by atoms with Gasteiger partial charge in [0.25, 0.3) is 9.05 Å². The van der Waals surface area contributed by atoms with Crippen LogP contribution >= 0.6 is 22.0 Å². The highest BCUT2D eigenvalue weighted by Crippen LogP contribution is 2.30. The predicted molar refractivity (Wildman–Crippen MR) is 62.1 cm³/mol. The van der Waals surface area contributed by atoms with Crippen LogP contribution in [0.4, 0.5) is 0 Å². The summed E-state index contributed by atoms with van der Waals surface area (Å²) in [6.45, 7) is 2.30. The third kappa shape index (κ3) is 2.62. The SMILES string of the molecule is Cc1c(C(=O)OC2COC2)csc1S(=O)(=O)Cl. The van der Waals surface area contributed by atoms with Gasteiger partial charge in [-0.2, -0.15) is 0 Å². The molecule has 0 unspecified atom stereocenters. The largest absolute Gasteiger partial charge is 0.454 e. The molecule has 0 aromatic carbocycles. The molecule has 17 heavy (non-hydrogen) atoms. The number of hydrogen-bond acceptors (Lipinski definition) is 6. The summed E-state index contributed by atoms with van der Waals surface area (Å²) in [4.78, 5) is 11.7. The van der Waals surface area contributed by atoms with Gasteiger partial charge in [0.15, 0.2) is 0 Å². The Labute approximate surface area is 107 Å². The van der Waals surface area contributed by atoms with Crippen molar-refractivity contribution in [3.8, 4) is 0 Å². The van der Waals surface area contributed by atoms with Crippen molar-refractivity contribution in [2.75, 3.05) is 13.2 Å². The summed E-state index contributed by atoms with van der Waals surface area (Å²) in [7, 11) is 1.43. The Morgan fingerprint density at radius 2 is 2.24 bits per heavy atom. The average Bonchev–Trinajstić information content (AvgIpc) is 2.52. The van der Waals surface area contributed by atoms with E-state index < -0.39 is 15.0 Å². The van der Waals surface area contributed by atoms with Gasteiger partial charge in [0.2, 0.25) is 0 Å². The van der Waals surface area contributed by atoms with Crippen LogP contribution < -0.4 is 0 Å². The topological polar surface area (TPSA) is 69.7 Å². The van der Waals surface area contributed by atoms with E-state index >= 15 is 0 Å². The van der Waals surface area contributed by atoms with Crippen molar-refractivity contribution in [3.63, 3.8) is 0 Å². The molecular formula is C9H9ClO5S2. The van der Waals surface area contributed by atoms with Crippen LogP contribution in [0.2, 0.25) is 0 Å². The van der Waals surface area contributed by atoms with Gasteiger partial charge in [-0.1, -0.05) is 0 Å². The molecule has 0 radical (unpaired) electrons. The summed E-state index contributed by atoms with van der Waals surface area (Å²) >= 11 is 0.912. The average molecular weight is 297 g/mol. The number of ether oxygens (including phenoxy) is 2. The van der Waals surface area contributed by atoms with Gasteiger partial charge in [-0.15, -0.1) is 11.3 Å². The minimum absolute atomic E-state index is 0.0176. The molecule has 94 valence electrons. The van der Waals surface area contributed by atoms with Crippen molar-refractivity contribution in [1.29, 1.82) is 0 Å². The summed E-state index contributed by atoms with van der Waals surface area (Å²) in [5.74, 6) is -0.543. The fourth-order valence-corrected chi connectivity index (χ4v) is 3.88. The van der Waals surface area contributed by atoms with E-state index in [2.05, 4.69) is 0 Å². The van der Waals surface area contributed by atoms with Crippen molar-refractivity contribution in [2.24, 2.45) is 0 Å². The molecule has 0 atom stereocenters. The molecule has 2 heterocycles. The first-order valence-corrected chi connectivity index (χ1v) is 7.90. The number of halogens is 1. The standard InChI is InChI=1S/C9H9ClO5S2/c1-5-7(4-16-9(5)17(10,12)13)8(11)15-6-2-14-3-6/h4,6H,2-3H2,1H3. The van der Waals surface area contributed by atoms with E-state index in [9.17, 15) is 13.2 Å². The van der Waals surface area contributed by atoms with E-state index in [1.165, 1.54) is 12.3 Å². The number of rotatable bonds is 3. The van der Waals surface area contributed by atoms with Crippen LogP contribution in [-0.4, -0.2) is 33.7 Å². The van der Waals surface area contributed by atoms with Gasteiger partial charge in [-0.05, 0) is 12.5 Å². The molecule has 5 nitrogen and oxygen atoms in total. The van der Waals surface area contributed by atoms with Crippen LogP contribution in [0.3, 0.4) is 0 Å². The zero-order valence-corrected chi connectivity index (χ0v) is 11.2. The molecular weight excluding hydrogens is 288 g/mol. The Kier molecular flexibility index (Phi) is 3.44. The lowest BCUT2D eigenvalue weighted by atomic mass is 10.2. The number of thiophene rings is 1. The van der Waals surface area contributed by atoms with Crippen LogP contribution in [0.15, 0.2) is 9.59 Å². The van der Waals surface area contributed by atoms with E-state index in [1.54, 1.807) is 0 Å². The van der Waals surface area contributed by atoms with Crippen LogP contribution in [0.5, 0.6) is 0 Å². The molecule has 1 fully saturated rings. The Bertz CT molecular complexity index is 544. The zero-order chi connectivity index (χ0) is 12.6. The fourth-order valence-electron chi connectivity index (χ4n) is 1.34. The normalized spacial score (nSPS) is 16.6. The Morgan fingerprint density at radius 3 is 2.65 bits per heavy atom. The van der Waals surface area contributed by atoms with Gasteiger partial charge in [0, 0.05) is 16.1 Å². The highest BCUT2D eigenvalue weighted by atomic mass is 35.7. The minimum atomic E-state index is -3.81. The molecule has 8 heteroatoms. The maximum Gasteiger partial charge on any atom is 0.339 e. The lowest BCUT2D eigenvalue weighted by molar-refractivity contribution is -0.103. The molecule has 0 N–H and O–H groups in total. The maximum absolute atomic E-state index is 11.7. The minimum Gasteiger partial charge on any atom is -0.454 e. The van der Waals surface area contributed by atoms with E-state index in [4.69, 9.17) is 20.2 Å². The molecule has 1 aromatic heterocycles. The quantitative estimate of drug-likeness (QED) is 0.625. The van der Waals surface area contributed by atoms with Crippen LogP contribution in [-0.2, 0) is 18.5 Å². The van der Waals surface area contributed by atoms with Crippen molar-refractivity contribution >= 4 is 37.0 Å². The Morgan fingerprint density at radius 1 is 1.59 bits per heavy atom. The number of esters is 1. The molecule has 0 bridgehead atoms. The summed E-state index contributed by atoms with van der Waals surface area (Å²) in [6, 6.07) is 0. The molecule has 1 saturated heterocycles. The van der Waals surface area contributed by atoms with E-state index in [1.807, 2.05) is 0 Å². The van der Waals surface area contributed by atoms with Gasteiger partial charge in [-0.25, -0.2) is 13.2 Å². The predicted octanol–water partition coefficient (Wildman–Crippen LogP) is 1.54. The molecule has 1 aromatic rings. The zero-order valence-electron chi connectivity index (χ0n) is 8.80. The molecule has 0 spiro atoms. The highest BCUT2D eigenvalue weighted by molar-refractivity contribution is 8.15. The molecule has 0 amide bonds. The maximum atomic E-state index is 11.7. The number of carbonyl (C=O) groups is 1. The molecule has 0 saturated carbocycles. The van der Waals surface area contributed by atoms with E-state index in [0.717, 1.165) is 11.3 Å². The van der Waals surface area contributed by atoms with Crippen molar-refractivity contribution in [2.45, 2.75) is 17.2 Å². The molecule has 0 aliphatic carbocycles. The van der Waals surface area contributed by atoms with E-state index in [0.29, 0.717) is 18.8 Å². The second-order valence-electron chi connectivity index (χ2n) is 3.56. The molecule has 2 rings (SSSR count). The monoisotopic (exact) mass is 296 g/mol. The molecule has 1 aliphatic rings. The smallest absolute Gasteiger partial charge is 0.339 e. The summed E-state index contributed by atoms with van der Waals surface area (Å²) in [5.41, 5.74) is 0.566. The fraction of sp³-hybridized carbons (Fsp3) is 0.444. The first-order valence-electron chi connectivity index (χ1n) is 4.71. The van der Waals surface area contributed by atoms with Gasteiger partial charge < -0.3 is 9.47 Å². The van der Waals surface area contributed by atoms with Gasteiger partial charge in [0.05, 0.1) is 18.8 Å². The van der Waals surface area contributed by atoms with Crippen molar-refractivity contribution in [3.05, 3.63) is 16.5 Å². The van der Waals surface area contributed by atoms with Gasteiger partial charge in [0.1, 0.15) is 10.3 Å². The lowest BCUT2D eigenvalue weighted by Gasteiger charge is -2.25. The first kappa shape index (κ1) is 12.8. The lowest BCUT2D eigenvalue weighted by Crippen LogP contribution is -2.37. The Hall–Kier alpha value is -0.630. The molecule has 1 aliphatic heterocycles. The second-order valence-corrected chi connectivity index (χ2v) is 7.21. The van der Waals surface area contributed by atoms with Crippen LogP contribution in [0, 0.1) is 6.92 Å². The summed E-state index contributed by atoms with van der Waals surface area (Å²) in [5, 5.41) is 1.44. The second kappa shape index (κ2) is 4.56. The van der Waals surface area contributed by atoms with Gasteiger partial charge >= 0.3 is 5.97 Å². The highest BCUT2D eigenvalue weighted by Gasteiger charge is 2.27. The van der Waals surface area contributed by atoms with Gasteiger partial charge in [-0.3, -0.25) is 0 Å². The number of hydrogen-bond donors (Lipinski definition) is 0. The summed E-state index contributed by atoms with van der Waals surface area (Å²) in [6.07, 6.45) is -0.238. The third-order valence-electron chi connectivity index (χ3n) is 2.32. The Balaban J connectivity index is 2.21. The van der Waals surface area contributed by atoms with Crippen molar-refractivity contribution in [1.82, 2.24) is 0 Å². The number of carbonyl (C=O) groups excluding carboxylic acids is 1.